The van der Waals surface area contributed by atoms with Crippen molar-refractivity contribution in [3.8, 4) is 5.75 Å². The molecule has 0 radical (unpaired) electrons. The van der Waals surface area contributed by atoms with Crippen LogP contribution in [-0.4, -0.2) is 42.5 Å². The second-order valence-corrected chi connectivity index (χ2v) is 6.41. The Labute approximate surface area is 157 Å². The van der Waals surface area contributed by atoms with Crippen molar-refractivity contribution < 1.29 is 18.7 Å². The third-order valence-corrected chi connectivity index (χ3v) is 4.49. The number of fused-ring (bicyclic) bond motifs is 1. The van der Waals surface area contributed by atoms with E-state index in [4.69, 9.17) is 10.5 Å². The van der Waals surface area contributed by atoms with E-state index in [1.165, 1.54) is 17.0 Å². The van der Waals surface area contributed by atoms with Gasteiger partial charge in [-0.1, -0.05) is 31.2 Å². The maximum atomic E-state index is 13.4. The topological polar surface area (TPSA) is 75.9 Å². The van der Waals surface area contributed by atoms with Crippen LogP contribution in [-0.2, 0) is 16.1 Å². The number of nitrogens with two attached hydrogens (primary N) is 1. The first-order valence-corrected chi connectivity index (χ1v) is 8.80. The minimum absolute atomic E-state index is 0.0721. The monoisotopic (exact) mass is 371 g/mol. The molecule has 2 N–H and O–H groups in total. The van der Waals surface area contributed by atoms with Crippen molar-refractivity contribution in [3.63, 3.8) is 0 Å². The van der Waals surface area contributed by atoms with Gasteiger partial charge in [0.1, 0.15) is 11.6 Å². The number of anilines is 1. The molecule has 142 valence electrons. The number of primary amides is 1. The molecule has 7 heteroatoms. The fourth-order valence-electron chi connectivity index (χ4n) is 3.07. The zero-order chi connectivity index (χ0) is 19.4. The van der Waals surface area contributed by atoms with E-state index in [2.05, 4.69) is 0 Å². The number of amides is 2. The molecule has 0 spiro atoms. The molecular formula is C20H22FN3O3. The third kappa shape index (κ3) is 4.43. The lowest BCUT2D eigenvalue weighted by Gasteiger charge is -2.34. The molecule has 0 aliphatic carbocycles. The van der Waals surface area contributed by atoms with Crippen LogP contribution >= 0.6 is 0 Å². The number of hydrogen-bond donors (Lipinski definition) is 1. The predicted molar refractivity (Wildman–Crippen MR) is 99.8 cm³/mol. The summed E-state index contributed by atoms with van der Waals surface area (Å²) >= 11 is 0. The van der Waals surface area contributed by atoms with Gasteiger partial charge in [0, 0.05) is 6.54 Å². The van der Waals surface area contributed by atoms with Crippen molar-refractivity contribution in [3.05, 3.63) is 59.9 Å². The molecule has 0 fully saturated rings. The van der Waals surface area contributed by atoms with Crippen LogP contribution in [0, 0.1) is 5.82 Å². The largest absolute Gasteiger partial charge is 0.477 e. The Hall–Kier alpha value is -2.93. The van der Waals surface area contributed by atoms with Gasteiger partial charge in [-0.15, -0.1) is 0 Å². The van der Waals surface area contributed by atoms with Gasteiger partial charge in [0.25, 0.3) is 5.91 Å². The number of para-hydroxylation sites is 2. The van der Waals surface area contributed by atoms with Crippen molar-refractivity contribution in [1.82, 2.24) is 4.90 Å². The van der Waals surface area contributed by atoms with Crippen LogP contribution in [0.5, 0.6) is 5.75 Å². The van der Waals surface area contributed by atoms with Crippen molar-refractivity contribution in [1.29, 1.82) is 0 Å². The fourth-order valence-corrected chi connectivity index (χ4v) is 3.07. The molecular weight excluding hydrogens is 349 g/mol. The van der Waals surface area contributed by atoms with Gasteiger partial charge in [0.05, 0.1) is 18.8 Å². The summed E-state index contributed by atoms with van der Waals surface area (Å²) in [6, 6.07) is 13.4. The van der Waals surface area contributed by atoms with Gasteiger partial charge in [-0.25, -0.2) is 4.39 Å². The molecule has 2 amide bonds. The molecule has 3 rings (SSSR count). The van der Waals surface area contributed by atoms with E-state index in [-0.39, 0.29) is 24.8 Å². The molecule has 1 aliphatic rings. The lowest BCUT2D eigenvalue weighted by molar-refractivity contribution is -0.125. The molecule has 2 aromatic rings. The molecule has 27 heavy (non-hydrogen) atoms. The van der Waals surface area contributed by atoms with Gasteiger partial charge >= 0.3 is 0 Å². The molecule has 1 atom stereocenters. The summed E-state index contributed by atoms with van der Waals surface area (Å²) in [5.41, 5.74) is 6.79. The molecule has 0 aromatic heterocycles. The Morgan fingerprint density at radius 3 is 2.74 bits per heavy atom. The number of hydrogen-bond acceptors (Lipinski definition) is 4. The molecule has 0 unspecified atom stereocenters. The van der Waals surface area contributed by atoms with Crippen LogP contribution in [0.4, 0.5) is 10.1 Å². The molecule has 1 aliphatic heterocycles. The van der Waals surface area contributed by atoms with E-state index >= 15 is 0 Å². The van der Waals surface area contributed by atoms with Crippen LogP contribution < -0.4 is 15.4 Å². The number of rotatable bonds is 6. The van der Waals surface area contributed by atoms with Gasteiger partial charge in [-0.3, -0.25) is 14.5 Å². The zero-order valence-electron chi connectivity index (χ0n) is 15.1. The minimum atomic E-state index is -0.887. The highest BCUT2D eigenvalue weighted by molar-refractivity contribution is 5.98. The Kier molecular flexibility index (Phi) is 5.71. The SMILES string of the molecule is CCN(CC(=O)N1C[C@H](C(N)=O)Oc2ccccc21)Cc1cccc(F)c1. The highest BCUT2D eigenvalue weighted by Crippen LogP contribution is 2.33. The second kappa shape index (κ2) is 8.18. The first kappa shape index (κ1) is 18.8. The van der Waals surface area contributed by atoms with Gasteiger partial charge in [-0.05, 0) is 36.4 Å². The number of benzene rings is 2. The molecule has 0 saturated carbocycles. The van der Waals surface area contributed by atoms with Crippen molar-refractivity contribution in [2.24, 2.45) is 5.73 Å². The van der Waals surface area contributed by atoms with Gasteiger partial charge < -0.3 is 15.4 Å². The van der Waals surface area contributed by atoms with Crippen LogP contribution in [0.3, 0.4) is 0 Å². The van der Waals surface area contributed by atoms with Crippen molar-refractivity contribution >= 4 is 17.5 Å². The Morgan fingerprint density at radius 1 is 1.26 bits per heavy atom. The number of nitrogens with zero attached hydrogens (tertiary/aromatic N) is 2. The molecule has 2 aromatic carbocycles. The normalized spacial score (nSPS) is 16.0. The summed E-state index contributed by atoms with van der Waals surface area (Å²) in [6.45, 7) is 3.21. The number of carbonyl (C=O) groups is 2. The lowest BCUT2D eigenvalue weighted by Crippen LogP contribution is -2.51. The van der Waals surface area contributed by atoms with Crippen LogP contribution in [0.2, 0.25) is 0 Å². The van der Waals surface area contributed by atoms with Gasteiger partial charge in [0.15, 0.2) is 6.10 Å². The van der Waals surface area contributed by atoms with E-state index in [9.17, 15) is 14.0 Å². The maximum absolute atomic E-state index is 13.4. The Bertz CT molecular complexity index is 843. The summed E-state index contributed by atoms with van der Waals surface area (Å²) in [6.07, 6.45) is -0.887. The second-order valence-electron chi connectivity index (χ2n) is 6.41. The first-order chi connectivity index (χ1) is 13.0. The van der Waals surface area contributed by atoms with Crippen LogP contribution in [0.15, 0.2) is 48.5 Å². The Morgan fingerprint density at radius 2 is 2.04 bits per heavy atom. The van der Waals surface area contributed by atoms with Crippen LogP contribution in [0.1, 0.15) is 12.5 Å². The van der Waals surface area contributed by atoms with E-state index in [1.54, 1.807) is 30.3 Å². The molecule has 6 nitrogen and oxygen atoms in total. The smallest absolute Gasteiger partial charge is 0.260 e. The lowest BCUT2D eigenvalue weighted by atomic mass is 10.1. The number of carbonyl (C=O) groups excluding carboxylic acids is 2. The van der Waals surface area contributed by atoms with E-state index in [1.807, 2.05) is 17.9 Å². The van der Waals surface area contributed by atoms with E-state index in [0.29, 0.717) is 24.5 Å². The highest BCUT2D eigenvalue weighted by atomic mass is 19.1. The standard InChI is InChI=1S/C20H22FN3O3/c1-2-23(11-14-6-5-7-15(21)10-14)13-19(25)24-12-18(20(22)26)27-17-9-4-3-8-16(17)24/h3-10,18H,2,11-13H2,1H3,(H2,22,26)/t18-/m1/s1. The van der Waals surface area contributed by atoms with E-state index < -0.39 is 12.0 Å². The number of halogens is 1. The average Bonchev–Trinajstić information content (AvgIpc) is 2.66. The summed E-state index contributed by atoms with van der Waals surface area (Å²) in [7, 11) is 0. The summed E-state index contributed by atoms with van der Waals surface area (Å²) in [5, 5.41) is 0. The molecule has 0 bridgehead atoms. The minimum Gasteiger partial charge on any atom is -0.477 e. The van der Waals surface area contributed by atoms with Crippen molar-refractivity contribution in [2.45, 2.75) is 19.6 Å². The Balaban J connectivity index is 1.76. The average molecular weight is 371 g/mol. The molecule has 0 saturated heterocycles. The quantitative estimate of drug-likeness (QED) is 0.842. The summed E-state index contributed by atoms with van der Waals surface area (Å²) < 4.78 is 19.0. The highest BCUT2D eigenvalue weighted by Gasteiger charge is 2.32. The van der Waals surface area contributed by atoms with Crippen molar-refractivity contribution in [2.75, 3.05) is 24.5 Å². The van der Waals surface area contributed by atoms with Gasteiger partial charge in [-0.2, -0.15) is 0 Å². The van der Waals surface area contributed by atoms with E-state index in [0.717, 1.165) is 5.56 Å². The number of ether oxygens (including phenoxy) is 1. The van der Waals surface area contributed by atoms with Crippen LogP contribution in [0.25, 0.3) is 0 Å². The first-order valence-electron chi connectivity index (χ1n) is 8.80. The fraction of sp³-hybridized carbons (Fsp3) is 0.300. The third-order valence-electron chi connectivity index (χ3n) is 4.49. The molecule has 1 heterocycles. The summed E-state index contributed by atoms with van der Waals surface area (Å²) in [5.74, 6) is -0.639. The summed E-state index contributed by atoms with van der Waals surface area (Å²) in [4.78, 5) is 28.0. The maximum Gasteiger partial charge on any atom is 0.260 e. The predicted octanol–water partition coefficient (Wildman–Crippen LogP) is 1.93. The number of likely N-dealkylation sites (N-methyl/N-ethyl adjacent to an activating group) is 1. The zero-order valence-corrected chi connectivity index (χ0v) is 15.1. The van der Waals surface area contributed by atoms with Gasteiger partial charge in [0.2, 0.25) is 5.91 Å².